The van der Waals surface area contributed by atoms with Gasteiger partial charge in [0.05, 0.1) is 5.69 Å². The lowest BCUT2D eigenvalue weighted by atomic mass is 10.0. The summed E-state index contributed by atoms with van der Waals surface area (Å²) in [5.74, 6) is -4.86. The summed E-state index contributed by atoms with van der Waals surface area (Å²) < 4.78 is 101. The normalized spacial score (nSPS) is 17.0. The average Bonchev–Trinajstić information content (AvgIpc) is 3.63. The summed E-state index contributed by atoms with van der Waals surface area (Å²) in [6.07, 6.45) is -15.3. The number of carbonyl (C=O) groups is 3. The van der Waals surface area contributed by atoms with Crippen molar-refractivity contribution in [2.24, 2.45) is 11.8 Å². The summed E-state index contributed by atoms with van der Waals surface area (Å²) in [5, 5.41) is 33.8. The van der Waals surface area contributed by atoms with Gasteiger partial charge < -0.3 is 35.2 Å². The van der Waals surface area contributed by atoms with Crippen molar-refractivity contribution in [3.63, 3.8) is 0 Å². The topological polar surface area (TPSA) is 165 Å². The van der Waals surface area contributed by atoms with Crippen molar-refractivity contribution in [2.75, 3.05) is 57.3 Å². The van der Waals surface area contributed by atoms with Gasteiger partial charge in [-0.05, 0) is 61.3 Å². The van der Waals surface area contributed by atoms with Crippen LogP contribution in [-0.2, 0) is 14.4 Å². The second kappa shape index (κ2) is 19.0. The molecule has 0 bridgehead atoms. The molecule has 4 N–H and O–H groups in total. The molecule has 0 spiro atoms. The first-order valence-corrected chi connectivity index (χ1v) is 14.2. The number of fused-ring (bicyclic) bond motifs is 1. The van der Waals surface area contributed by atoms with Gasteiger partial charge in [0.1, 0.15) is 12.4 Å². The van der Waals surface area contributed by atoms with Gasteiger partial charge in [0, 0.05) is 38.3 Å². The molecule has 1 aromatic heterocycles. The number of benzene rings is 1. The van der Waals surface area contributed by atoms with Crippen molar-refractivity contribution in [1.82, 2.24) is 20.4 Å². The molecule has 0 radical (unpaired) electrons. The number of nitrogens with one attached hydrogen (secondary N) is 1. The van der Waals surface area contributed by atoms with E-state index in [9.17, 15) is 39.5 Å². The lowest BCUT2D eigenvalue weighted by Gasteiger charge is -2.18. The van der Waals surface area contributed by atoms with Crippen LogP contribution >= 0.6 is 0 Å². The second-order valence-electron chi connectivity index (χ2n) is 10.2. The molecule has 0 saturated carbocycles. The lowest BCUT2D eigenvalue weighted by Crippen LogP contribution is -2.27. The number of likely N-dealkylation sites (N-methyl/N-ethyl adjacent to an activating group) is 1. The number of anilines is 1. The fraction of sp³-hybridized carbons (Fsp3) is 0.536. The van der Waals surface area contributed by atoms with E-state index in [-0.39, 0.29) is 0 Å². The van der Waals surface area contributed by atoms with E-state index in [0.29, 0.717) is 6.61 Å². The zero-order valence-corrected chi connectivity index (χ0v) is 25.9. The summed E-state index contributed by atoms with van der Waals surface area (Å²) in [5.41, 5.74) is 1.97. The van der Waals surface area contributed by atoms with Gasteiger partial charge in [0.25, 0.3) is 0 Å². The smallest absolute Gasteiger partial charge is 0.490 e. The molecule has 21 heteroatoms. The summed E-state index contributed by atoms with van der Waals surface area (Å²) in [6.45, 7) is 12.6. The molecule has 2 atom stereocenters. The first kappa shape index (κ1) is 42.6. The molecule has 2 aromatic rings. The number of hydrogen-bond acceptors (Lipinski definition) is 9. The highest BCUT2D eigenvalue weighted by atomic mass is 19.4. The fourth-order valence-electron chi connectivity index (χ4n) is 4.24. The first-order chi connectivity index (χ1) is 22.6. The number of alkyl halides is 9. The first-order valence-electron chi connectivity index (χ1n) is 14.2. The van der Waals surface area contributed by atoms with Crippen LogP contribution in [0.4, 0.5) is 45.3 Å². The minimum atomic E-state index is -5.08. The van der Waals surface area contributed by atoms with E-state index in [4.69, 9.17) is 34.4 Å². The van der Waals surface area contributed by atoms with E-state index in [0.717, 1.165) is 80.5 Å². The van der Waals surface area contributed by atoms with Crippen LogP contribution in [0.3, 0.4) is 0 Å². The molecule has 49 heavy (non-hydrogen) atoms. The summed E-state index contributed by atoms with van der Waals surface area (Å²) in [4.78, 5) is 31.4. The Morgan fingerprint density at radius 1 is 0.776 bits per heavy atom. The van der Waals surface area contributed by atoms with Crippen LogP contribution in [0.15, 0.2) is 36.4 Å². The molecular weight excluding hydrogens is 689 g/mol. The standard InChI is InChI=1S/C22H31N5O.3C2HF3O2/c1-3-26(4-2)11-12-28-20-7-5-17(6-8-20)21-9-10-22(25-24-21)27-15-18-13-23-14-19(18)16-27;3*3-2(4,5)1(6)7/h5-10,18-19,23H,3-4,11-16H2,1-2H3;3*(H,6,7). The van der Waals surface area contributed by atoms with Crippen LogP contribution in [0, 0.1) is 11.8 Å². The quantitative estimate of drug-likeness (QED) is 0.284. The van der Waals surface area contributed by atoms with Crippen LogP contribution in [0.25, 0.3) is 11.3 Å². The van der Waals surface area contributed by atoms with Crippen LogP contribution in [0.1, 0.15) is 13.8 Å². The summed E-state index contributed by atoms with van der Waals surface area (Å²) >= 11 is 0. The zero-order chi connectivity index (χ0) is 37.6. The molecule has 1 aromatic carbocycles. The number of nitrogens with zero attached hydrogens (tertiary/aromatic N) is 4. The highest BCUT2D eigenvalue weighted by molar-refractivity contribution is 5.73. The molecular formula is C28H34F9N5O7. The number of hydrogen-bond donors (Lipinski definition) is 4. The predicted octanol–water partition coefficient (Wildman–Crippen LogP) is 4.42. The van der Waals surface area contributed by atoms with Crippen molar-refractivity contribution in [1.29, 1.82) is 0 Å². The molecule has 2 aliphatic heterocycles. The summed E-state index contributed by atoms with van der Waals surface area (Å²) in [6, 6.07) is 12.3. The third kappa shape index (κ3) is 15.6. The van der Waals surface area contributed by atoms with Crippen LogP contribution in [0.2, 0.25) is 0 Å². The molecule has 2 saturated heterocycles. The van der Waals surface area contributed by atoms with E-state index < -0.39 is 36.4 Å². The zero-order valence-electron chi connectivity index (χ0n) is 25.9. The van der Waals surface area contributed by atoms with Gasteiger partial charge in [-0.15, -0.1) is 10.2 Å². The molecule has 0 amide bonds. The maximum absolute atomic E-state index is 10.6. The van der Waals surface area contributed by atoms with Gasteiger partial charge in [-0.25, -0.2) is 14.4 Å². The monoisotopic (exact) mass is 723 g/mol. The molecule has 276 valence electrons. The van der Waals surface area contributed by atoms with Gasteiger partial charge in [-0.3, -0.25) is 0 Å². The minimum Gasteiger partial charge on any atom is -0.492 e. The van der Waals surface area contributed by atoms with Gasteiger partial charge in [-0.1, -0.05) is 13.8 Å². The number of aliphatic carboxylic acids is 3. The number of aromatic nitrogens is 2. The Kier molecular flexibility index (Phi) is 16.5. The molecule has 4 rings (SSSR count). The van der Waals surface area contributed by atoms with Crippen molar-refractivity contribution in [2.45, 2.75) is 32.4 Å². The Labute approximate surface area is 273 Å². The Bertz CT molecular complexity index is 1250. The molecule has 2 fully saturated rings. The highest BCUT2D eigenvalue weighted by Gasteiger charge is 2.39. The van der Waals surface area contributed by atoms with Gasteiger partial charge in [-0.2, -0.15) is 39.5 Å². The number of rotatable bonds is 8. The van der Waals surface area contributed by atoms with Gasteiger partial charge in [0.2, 0.25) is 0 Å². The molecule has 2 aliphatic rings. The van der Waals surface area contributed by atoms with Crippen molar-refractivity contribution < 1.29 is 74.0 Å². The third-order valence-corrected chi connectivity index (χ3v) is 6.81. The van der Waals surface area contributed by atoms with E-state index in [1.54, 1.807) is 0 Å². The second-order valence-corrected chi connectivity index (χ2v) is 10.2. The predicted molar refractivity (Wildman–Crippen MR) is 154 cm³/mol. The maximum Gasteiger partial charge on any atom is 0.490 e. The van der Waals surface area contributed by atoms with Crippen molar-refractivity contribution in [3.8, 4) is 17.0 Å². The van der Waals surface area contributed by atoms with E-state index in [2.05, 4.69) is 63.4 Å². The minimum absolute atomic E-state index is 0.711. The van der Waals surface area contributed by atoms with E-state index in [1.165, 1.54) is 0 Å². The van der Waals surface area contributed by atoms with Crippen LogP contribution in [0.5, 0.6) is 5.75 Å². The van der Waals surface area contributed by atoms with Crippen LogP contribution in [-0.4, -0.2) is 119 Å². The fourth-order valence-corrected chi connectivity index (χ4v) is 4.24. The summed E-state index contributed by atoms with van der Waals surface area (Å²) in [7, 11) is 0. The SMILES string of the molecule is CCN(CC)CCOc1ccc(-c2ccc(N3CC4CNCC4C3)nn2)cc1.O=C(O)C(F)(F)F.O=C(O)C(F)(F)F.O=C(O)C(F)(F)F. The van der Waals surface area contributed by atoms with Gasteiger partial charge >= 0.3 is 36.4 Å². The van der Waals surface area contributed by atoms with Crippen molar-refractivity contribution in [3.05, 3.63) is 36.4 Å². The number of halogens is 9. The van der Waals surface area contributed by atoms with Crippen LogP contribution < -0.4 is 15.0 Å². The van der Waals surface area contributed by atoms with E-state index >= 15 is 0 Å². The van der Waals surface area contributed by atoms with E-state index in [1.807, 2.05) is 12.1 Å². The third-order valence-electron chi connectivity index (χ3n) is 6.81. The van der Waals surface area contributed by atoms with Gasteiger partial charge in [0.15, 0.2) is 5.82 Å². The molecule has 12 nitrogen and oxygen atoms in total. The molecule has 0 aliphatic carbocycles. The molecule has 3 heterocycles. The highest BCUT2D eigenvalue weighted by Crippen LogP contribution is 2.30. The number of carboxylic acid groups (broad SMARTS) is 3. The van der Waals surface area contributed by atoms with Crippen molar-refractivity contribution >= 4 is 23.7 Å². The Balaban J connectivity index is 0.000000467. The largest absolute Gasteiger partial charge is 0.492 e. The Morgan fingerprint density at radius 3 is 1.55 bits per heavy atom. The average molecular weight is 724 g/mol. The molecule has 2 unspecified atom stereocenters. The maximum atomic E-state index is 10.6. The Hall–Kier alpha value is -4.40. The number of carboxylic acids is 3. The Morgan fingerprint density at radius 2 is 1.20 bits per heavy atom. The lowest BCUT2D eigenvalue weighted by molar-refractivity contribution is -0.193. The number of ether oxygens (including phenoxy) is 1.